The van der Waals surface area contributed by atoms with Crippen molar-refractivity contribution in [1.29, 1.82) is 5.26 Å². The van der Waals surface area contributed by atoms with Crippen molar-refractivity contribution in [3.05, 3.63) is 34.3 Å². The third kappa shape index (κ3) is 2.57. The second-order valence-electron chi connectivity index (χ2n) is 3.42. The lowest BCUT2D eigenvalue weighted by molar-refractivity contribution is 0.0946. The first-order valence-corrected chi connectivity index (χ1v) is 5.18. The Labute approximate surface area is 94.5 Å². The van der Waals surface area contributed by atoms with Crippen molar-refractivity contribution in [2.24, 2.45) is 5.92 Å². The van der Waals surface area contributed by atoms with Crippen LogP contribution in [-0.4, -0.2) is 5.78 Å². The molecule has 0 saturated heterocycles. The Morgan fingerprint density at radius 2 is 2.27 bits per heavy atom. The molecule has 15 heavy (non-hydrogen) atoms. The van der Waals surface area contributed by atoms with Crippen LogP contribution in [0.2, 0.25) is 5.02 Å². The molecule has 0 aromatic heterocycles. The Morgan fingerprint density at radius 3 is 2.73 bits per heavy atom. The smallest absolute Gasteiger partial charge is 0.179 e. The molecule has 0 saturated carbocycles. The van der Waals surface area contributed by atoms with Crippen molar-refractivity contribution in [3.63, 3.8) is 0 Å². The van der Waals surface area contributed by atoms with Crippen LogP contribution in [0.25, 0.3) is 0 Å². The number of hydrogen-bond acceptors (Lipinski definition) is 2. The van der Waals surface area contributed by atoms with E-state index in [0.29, 0.717) is 17.0 Å². The molecule has 0 aliphatic heterocycles. The maximum Gasteiger partial charge on any atom is 0.179 e. The molecule has 0 N–H and O–H groups in total. The van der Waals surface area contributed by atoms with Crippen molar-refractivity contribution in [1.82, 2.24) is 0 Å². The molecule has 1 unspecified atom stereocenters. The predicted octanol–water partition coefficient (Wildman–Crippen LogP) is 3.38. The summed E-state index contributed by atoms with van der Waals surface area (Å²) in [4.78, 5) is 11.8. The van der Waals surface area contributed by atoms with Crippen LogP contribution in [0, 0.1) is 24.2 Å². The second kappa shape index (κ2) is 4.95. The molecule has 0 radical (unpaired) electrons. The normalized spacial score (nSPS) is 11.9. The molecule has 0 aliphatic carbocycles. The van der Waals surface area contributed by atoms with E-state index in [-0.39, 0.29) is 5.78 Å². The van der Waals surface area contributed by atoms with E-state index in [2.05, 4.69) is 0 Å². The molecule has 1 aromatic carbocycles. The molecule has 3 heteroatoms. The molecular formula is C12H12ClNO. The number of halogens is 1. The number of nitriles is 1. The van der Waals surface area contributed by atoms with Gasteiger partial charge < -0.3 is 0 Å². The van der Waals surface area contributed by atoms with E-state index in [1.165, 1.54) is 0 Å². The molecule has 1 atom stereocenters. The molecular weight excluding hydrogens is 210 g/mol. The number of rotatable bonds is 3. The molecule has 0 fully saturated rings. The number of nitrogens with zero attached hydrogens (tertiary/aromatic N) is 1. The zero-order valence-corrected chi connectivity index (χ0v) is 9.51. The van der Waals surface area contributed by atoms with Gasteiger partial charge in [0.2, 0.25) is 0 Å². The first-order chi connectivity index (χ1) is 7.10. The molecule has 2 nitrogen and oxygen atoms in total. The Kier molecular flexibility index (Phi) is 3.88. The van der Waals surface area contributed by atoms with Gasteiger partial charge in [-0.1, -0.05) is 18.5 Å². The Balaban J connectivity index is 3.02. The predicted molar refractivity (Wildman–Crippen MR) is 59.9 cm³/mol. The number of carbonyl (C=O) groups excluding carboxylic acids is 1. The van der Waals surface area contributed by atoms with Gasteiger partial charge in [0.1, 0.15) is 5.92 Å². The van der Waals surface area contributed by atoms with Crippen LogP contribution in [0.4, 0.5) is 0 Å². The van der Waals surface area contributed by atoms with E-state index in [9.17, 15) is 4.79 Å². The number of Topliss-reactive ketones (excluding diaryl/α,β-unsaturated/α-hetero) is 1. The molecule has 0 amide bonds. The third-order valence-corrected chi connectivity index (χ3v) is 2.75. The quantitative estimate of drug-likeness (QED) is 0.735. The van der Waals surface area contributed by atoms with Crippen LogP contribution in [0.15, 0.2) is 18.2 Å². The fourth-order valence-corrected chi connectivity index (χ4v) is 1.45. The highest BCUT2D eigenvalue weighted by Crippen LogP contribution is 2.19. The van der Waals surface area contributed by atoms with Crippen molar-refractivity contribution >= 4 is 17.4 Å². The van der Waals surface area contributed by atoms with Gasteiger partial charge >= 0.3 is 0 Å². The van der Waals surface area contributed by atoms with Crippen LogP contribution in [0.5, 0.6) is 0 Å². The molecule has 1 aromatic rings. The van der Waals surface area contributed by atoms with Gasteiger partial charge in [-0.15, -0.1) is 0 Å². The maximum atomic E-state index is 11.8. The van der Waals surface area contributed by atoms with Crippen LogP contribution in [0.3, 0.4) is 0 Å². The van der Waals surface area contributed by atoms with Crippen LogP contribution in [0.1, 0.15) is 29.3 Å². The number of benzene rings is 1. The Bertz CT molecular complexity index is 420. The third-order valence-electron chi connectivity index (χ3n) is 2.32. The van der Waals surface area contributed by atoms with E-state index < -0.39 is 5.92 Å². The summed E-state index contributed by atoms with van der Waals surface area (Å²) in [5, 5.41) is 9.42. The van der Waals surface area contributed by atoms with E-state index in [1.807, 2.05) is 19.9 Å². The first-order valence-electron chi connectivity index (χ1n) is 4.80. The fourth-order valence-electron chi connectivity index (χ4n) is 1.33. The maximum absolute atomic E-state index is 11.8. The van der Waals surface area contributed by atoms with Crippen molar-refractivity contribution in [2.45, 2.75) is 20.3 Å². The van der Waals surface area contributed by atoms with Crippen molar-refractivity contribution < 1.29 is 4.79 Å². The highest BCUT2D eigenvalue weighted by Gasteiger charge is 2.17. The lowest BCUT2D eigenvalue weighted by Crippen LogP contribution is -2.11. The van der Waals surface area contributed by atoms with Crippen LogP contribution in [-0.2, 0) is 0 Å². The average Bonchev–Trinajstić information content (AvgIpc) is 2.23. The van der Waals surface area contributed by atoms with Crippen LogP contribution >= 0.6 is 11.6 Å². The van der Waals surface area contributed by atoms with E-state index in [1.54, 1.807) is 18.2 Å². The summed E-state index contributed by atoms with van der Waals surface area (Å²) in [5.41, 5.74) is 1.42. The topological polar surface area (TPSA) is 40.9 Å². The van der Waals surface area contributed by atoms with E-state index >= 15 is 0 Å². The second-order valence-corrected chi connectivity index (χ2v) is 3.83. The lowest BCUT2D eigenvalue weighted by Gasteiger charge is -2.06. The lowest BCUT2D eigenvalue weighted by atomic mass is 9.96. The van der Waals surface area contributed by atoms with Crippen molar-refractivity contribution in [2.75, 3.05) is 0 Å². The summed E-state index contributed by atoms with van der Waals surface area (Å²) in [5.74, 6) is -0.676. The Hall–Kier alpha value is -1.33. The minimum absolute atomic E-state index is 0.125. The van der Waals surface area contributed by atoms with E-state index in [0.717, 1.165) is 5.56 Å². The molecule has 1 rings (SSSR count). The monoisotopic (exact) mass is 221 g/mol. The summed E-state index contributed by atoms with van der Waals surface area (Å²) in [7, 11) is 0. The SMILES string of the molecule is CCC(C#N)C(=O)c1ccc(Cl)c(C)c1. The standard InChI is InChI=1S/C12H12ClNO/c1-3-9(7-14)12(15)10-4-5-11(13)8(2)6-10/h4-6,9H,3H2,1-2H3. The average molecular weight is 222 g/mol. The van der Waals surface area contributed by atoms with Crippen molar-refractivity contribution in [3.8, 4) is 6.07 Å². The minimum Gasteiger partial charge on any atom is -0.293 e. The van der Waals surface area contributed by atoms with Gasteiger partial charge in [-0.2, -0.15) is 5.26 Å². The molecule has 0 aliphatic rings. The van der Waals surface area contributed by atoms with E-state index in [4.69, 9.17) is 16.9 Å². The van der Waals surface area contributed by atoms with Gasteiger partial charge in [0.15, 0.2) is 5.78 Å². The number of hydrogen-bond donors (Lipinski definition) is 0. The minimum atomic E-state index is -0.550. The largest absolute Gasteiger partial charge is 0.293 e. The summed E-state index contributed by atoms with van der Waals surface area (Å²) in [6.45, 7) is 3.67. The highest BCUT2D eigenvalue weighted by atomic mass is 35.5. The zero-order valence-electron chi connectivity index (χ0n) is 8.75. The molecule has 0 heterocycles. The first kappa shape index (κ1) is 11.7. The summed E-state index contributed by atoms with van der Waals surface area (Å²) >= 11 is 5.86. The summed E-state index contributed by atoms with van der Waals surface area (Å²) < 4.78 is 0. The molecule has 0 spiro atoms. The Morgan fingerprint density at radius 1 is 1.60 bits per heavy atom. The fraction of sp³-hybridized carbons (Fsp3) is 0.333. The van der Waals surface area contributed by atoms with Gasteiger partial charge in [-0.05, 0) is 37.1 Å². The summed E-state index contributed by atoms with van der Waals surface area (Å²) in [6, 6.07) is 7.08. The highest BCUT2D eigenvalue weighted by molar-refractivity contribution is 6.31. The molecule has 0 bridgehead atoms. The number of carbonyl (C=O) groups is 1. The summed E-state index contributed by atoms with van der Waals surface area (Å²) in [6.07, 6.45) is 0.539. The van der Waals surface area contributed by atoms with Crippen LogP contribution < -0.4 is 0 Å². The van der Waals surface area contributed by atoms with Gasteiger partial charge in [-0.3, -0.25) is 4.79 Å². The van der Waals surface area contributed by atoms with Gasteiger partial charge in [0.25, 0.3) is 0 Å². The zero-order chi connectivity index (χ0) is 11.4. The van der Waals surface area contributed by atoms with Gasteiger partial charge in [-0.25, -0.2) is 0 Å². The van der Waals surface area contributed by atoms with Gasteiger partial charge in [0.05, 0.1) is 6.07 Å². The molecule has 78 valence electrons. The number of aryl methyl sites for hydroxylation is 1. The number of ketones is 1. The van der Waals surface area contributed by atoms with Gasteiger partial charge in [0, 0.05) is 10.6 Å².